The van der Waals surface area contributed by atoms with Crippen molar-refractivity contribution in [2.24, 2.45) is 5.73 Å². The molecule has 2 rings (SSSR count). The summed E-state index contributed by atoms with van der Waals surface area (Å²) in [5, 5.41) is 1.08. The van der Waals surface area contributed by atoms with Crippen LogP contribution in [0.15, 0.2) is 0 Å². The lowest BCUT2D eigenvalue weighted by Crippen LogP contribution is -2.21. The maximum atomic E-state index is 6.10. The highest BCUT2D eigenvalue weighted by Crippen LogP contribution is 2.36. The second-order valence-corrected chi connectivity index (χ2v) is 5.61. The number of ether oxygens (including phenoxy) is 1. The molecule has 4 heteroatoms. The fraction of sp³-hybridized carbons (Fsp3) is 0.750. The van der Waals surface area contributed by atoms with Gasteiger partial charge in [0.1, 0.15) is 5.01 Å². The van der Waals surface area contributed by atoms with Crippen molar-refractivity contribution < 1.29 is 4.74 Å². The fourth-order valence-electron chi connectivity index (χ4n) is 2.17. The number of aromatic nitrogens is 1. The normalized spacial score (nSPS) is 26.5. The van der Waals surface area contributed by atoms with Crippen LogP contribution in [0, 0.1) is 0 Å². The van der Waals surface area contributed by atoms with Crippen LogP contribution in [-0.2, 0) is 11.2 Å². The summed E-state index contributed by atoms with van der Waals surface area (Å²) < 4.78 is 5.80. The molecular weight excluding hydrogens is 220 g/mol. The molecule has 90 valence electrons. The van der Waals surface area contributed by atoms with Crippen LogP contribution in [0.4, 0.5) is 0 Å². The van der Waals surface area contributed by atoms with E-state index in [1.165, 1.54) is 10.6 Å². The van der Waals surface area contributed by atoms with Gasteiger partial charge in [0.2, 0.25) is 0 Å². The molecule has 2 heterocycles. The van der Waals surface area contributed by atoms with Crippen molar-refractivity contribution in [2.45, 2.75) is 58.3 Å². The monoisotopic (exact) mass is 240 g/mol. The molecule has 16 heavy (non-hydrogen) atoms. The Labute approximate surface area is 101 Å². The smallest absolute Gasteiger partial charge is 0.110 e. The molecule has 1 aliphatic heterocycles. The maximum Gasteiger partial charge on any atom is 0.110 e. The van der Waals surface area contributed by atoms with Gasteiger partial charge in [0.25, 0.3) is 0 Å². The molecule has 0 radical (unpaired) electrons. The first-order valence-electron chi connectivity index (χ1n) is 6.02. The zero-order chi connectivity index (χ0) is 11.7. The average molecular weight is 240 g/mol. The number of fused-ring (bicyclic) bond motifs is 1. The molecule has 3 atom stereocenters. The van der Waals surface area contributed by atoms with Crippen LogP contribution in [0.1, 0.15) is 61.3 Å². The van der Waals surface area contributed by atoms with Gasteiger partial charge >= 0.3 is 0 Å². The lowest BCUT2D eigenvalue weighted by molar-refractivity contribution is -0.00319. The van der Waals surface area contributed by atoms with Gasteiger partial charge < -0.3 is 10.5 Å². The molecule has 3 nitrogen and oxygen atoms in total. The number of nitrogens with two attached hydrogens (primary N) is 1. The van der Waals surface area contributed by atoms with E-state index in [9.17, 15) is 0 Å². The summed E-state index contributed by atoms with van der Waals surface area (Å²) in [6.45, 7) is 6.35. The SMILES string of the molecule is CCCC(N)c1nc2c(s1)C(C)OC(C)C2. The summed E-state index contributed by atoms with van der Waals surface area (Å²) in [6, 6.07) is 0.100. The minimum Gasteiger partial charge on any atom is -0.370 e. The first-order chi connectivity index (χ1) is 7.61. The molecule has 1 aromatic heterocycles. The van der Waals surface area contributed by atoms with Crippen molar-refractivity contribution in [3.8, 4) is 0 Å². The van der Waals surface area contributed by atoms with E-state index in [2.05, 4.69) is 25.8 Å². The Bertz CT molecular complexity index is 364. The summed E-state index contributed by atoms with van der Waals surface area (Å²) >= 11 is 1.73. The van der Waals surface area contributed by atoms with E-state index in [1.54, 1.807) is 11.3 Å². The highest BCUT2D eigenvalue weighted by molar-refractivity contribution is 7.11. The van der Waals surface area contributed by atoms with Gasteiger partial charge in [-0.25, -0.2) is 4.98 Å². The minimum absolute atomic E-state index is 0.100. The summed E-state index contributed by atoms with van der Waals surface area (Å²) in [6.07, 6.45) is 3.50. The van der Waals surface area contributed by atoms with E-state index in [0.29, 0.717) is 0 Å². The predicted molar refractivity (Wildman–Crippen MR) is 66.6 cm³/mol. The van der Waals surface area contributed by atoms with Gasteiger partial charge in [-0.15, -0.1) is 11.3 Å². The van der Waals surface area contributed by atoms with Crippen LogP contribution in [0.3, 0.4) is 0 Å². The average Bonchev–Trinajstić information content (AvgIpc) is 2.62. The van der Waals surface area contributed by atoms with Crippen LogP contribution in [-0.4, -0.2) is 11.1 Å². The number of hydrogen-bond donors (Lipinski definition) is 1. The molecule has 0 aliphatic carbocycles. The Hall–Kier alpha value is -0.450. The molecule has 3 unspecified atom stereocenters. The van der Waals surface area contributed by atoms with Crippen molar-refractivity contribution in [1.82, 2.24) is 4.98 Å². The third-order valence-corrected chi connectivity index (χ3v) is 4.34. The van der Waals surface area contributed by atoms with Crippen molar-refractivity contribution >= 4 is 11.3 Å². The number of nitrogens with zero attached hydrogens (tertiary/aromatic N) is 1. The van der Waals surface area contributed by atoms with Crippen LogP contribution >= 0.6 is 11.3 Å². The van der Waals surface area contributed by atoms with Gasteiger partial charge in [0.15, 0.2) is 0 Å². The van der Waals surface area contributed by atoms with Gasteiger partial charge in [-0.05, 0) is 20.3 Å². The van der Waals surface area contributed by atoms with Gasteiger partial charge in [-0.1, -0.05) is 13.3 Å². The zero-order valence-corrected chi connectivity index (χ0v) is 11.0. The van der Waals surface area contributed by atoms with Gasteiger partial charge in [0.05, 0.1) is 28.8 Å². The lowest BCUT2D eigenvalue weighted by atomic mass is 10.1. The van der Waals surface area contributed by atoms with Gasteiger partial charge in [-0.2, -0.15) is 0 Å². The zero-order valence-electron chi connectivity index (χ0n) is 10.2. The van der Waals surface area contributed by atoms with E-state index < -0.39 is 0 Å². The van der Waals surface area contributed by atoms with Crippen molar-refractivity contribution in [2.75, 3.05) is 0 Å². The van der Waals surface area contributed by atoms with Gasteiger partial charge in [0, 0.05) is 6.42 Å². The molecule has 0 spiro atoms. The van der Waals surface area contributed by atoms with Gasteiger partial charge in [-0.3, -0.25) is 0 Å². The molecule has 0 amide bonds. The molecule has 0 bridgehead atoms. The molecular formula is C12H20N2OS. The van der Waals surface area contributed by atoms with Crippen LogP contribution in [0.5, 0.6) is 0 Å². The first kappa shape index (κ1) is 12.0. The summed E-state index contributed by atoms with van der Waals surface area (Å²) in [4.78, 5) is 5.96. The van der Waals surface area contributed by atoms with E-state index in [0.717, 1.165) is 24.3 Å². The number of thiazole rings is 1. The Balaban J connectivity index is 2.22. The van der Waals surface area contributed by atoms with Crippen molar-refractivity contribution in [1.29, 1.82) is 0 Å². The Kier molecular flexibility index (Phi) is 3.62. The quantitative estimate of drug-likeness (QED) is 0.883. The van der Waals surface area contributed by atoms with Crippen LogP contribution < -0.4 is 5.73 Å². The predicted octanol–water partition coefficient (Wildman–Crippen LogP) is 2.97. The molecule has 0 fully saturated rings. The Morgan fingerprint density at radius 2 is 2.31 bits per heavy atom. The van der Waals surface area contributed by atoms with E-state index in [-0.39, 0.29) is 18.2 Å². The minimum atomic E-state index is 0.100. The topological polar surface area (TPSA) is 48.1 Å². The van der Waals surface area contributed by atoms with E-state index in [1.807, 2.05) is 0 Å². The Morgan fingerprint density at radius 3 is 3.00 bits per heavy atom. The second kappa shape index (κ2) is 4.82. The summed E-state index contributed by atoms with van der Waals surface area (Å²) in [5.74, 6) is 0. The molecule has 2 N–H and O–H groups in total. The second-order valence-electron chi connectivity index (χ2n) is 4.55. The number of rotatable bonds is 3. The lowest BCUT2D eigenvalue weighted by Gasteiger charge is -2.23. The molecule has 0 aromatic carbocycles. The molecule has 0 saturated heterocycles. The largest absolute Gasteiger partial charge is 0.370 e. The highest BCUT2D eigenvalue weighted by Gasteiger charge is 2.27. The summed E-state index contributed by atoms with van der Waals surface area (Å²) in [7, 11) is 0. The number of hydrogen-bond acceptors (Lipinski definition) is 4. The third kappa shape index (κ3) is 2.29. The fourth-order valence-corrected chi connectivity index (χ4v) is 3.29. The molecule has 1 aliphatic rings. The standard InChI is InChI=1S/C12H20N2OS/c1-4-5-9(13)12-14-10-6-7(2)15-8(3)11(10)16-12/h7-9H,4-6,13H2,1-3H3. The first-order valence-corrected chi connectivity index (χ1v) is 6.84. The van der Waals surface area contributed by atoms with Crippen molar-refractivity contribution in [3.63, 3.8) is 0 Å². The summed E-state index contributed by atoms with van der Waals surface area (Å²) in [5.41, 5.74) is 7.31. The van der Waals surface area contributed by atoms with E-state index in [4.69, 9.17) is 10.5 Å². The van der Waals surface area contributed by atoms with Crippen LogP contribution in [0.25, 0.3) is 0 Å². The highest BCUT2D eigenvalue weighted by atomic mass is 32.1. The molecule has 1 aromatic rings. The maximum absolute atomic E-state index is 6.10. The van der Waals surface area contributed by atoms with E-state index >= 15 is 0 Å². The molecule has 0 saturated carbocycles. The van der Waals surface area contributed by atoms with Crippen LogP contribution in [0.2, 0.25) is 0 Å². The Morgan fingerprint density at radius 1 is 1.56 bits per heavy atom. The van der Waals surface area contributed by atoms with Crippen molar-refractivity contribution in [3.05, 3.63) is 15.6 Å². The third-order valence-electron chi connectivity index (χ3n) is 2.95.